The number of halogens is 2. The smallest absolute Gasteiger partial charge is 0.259 e. The zero-order valence-corrected chi connectivity index (χ0v) is 16.8. The van der Waals surface area contributed by atoms with Gasteiger partial charge in [-0.3, -0.25) is 4.79 Å². The Morgan fingerprint density at radius 2 is 2.00 bits per heavy atom. The number of aryl methyl sites for hydroxylation is 1. The summed E-state index contributed by atoms with van der Waals surface area (Å²) < 4.78 is 18.6. The van der Waals surface area contributed by atoms with Crippen LogP contribution in [0.15, 0.2) is 34.9 Å². The van der Waals surface area contributed by atoms with E-state index in [2.05, 4.69) is 10.1 Å². The highest BCUT2D eigenvalue weighted by atomic mass is 35.5. The molecule has 0 radical (unpaired) electrons. The molecule has 2 aromatic heterocycles. The van der Waals surface area contributed by atoms with E-state index in [-0.39, 0.29) is 30.2 Å². The molecule has 0 bridgehead atoms. The van der Waals surface area contributed by atoms with Crippen molar-refractivity contribution in [2.24, 2.45) is 17.6 Å². The molecule has 3 aromatic rings. The third kappa shape index (κ3) is 3.28. The average Bonchev–Trinajstić information content (AvgIpc) is 3.38. The molecule has 3 atom stereocenters. The van der Waals surface area contributed by atoms with Gasteiger partial charge in [0.1, 0.15) is 5.82 Å². The Bertz CT molecular complexity index is 1070. The summed E-state index contributed by atoms with van der Waals surface area (Å²) in [5.41, 5.74) is 8.98. The van der Waals surface area contributed by atoms with Crippen molar-refractivity contribution in [1.82, 2.24) is 15.0 Å². The summed E-state index contributed by atoms with van der Waals surface area (Å²) >= 11 is 0. The molecule has 1 saturated carbocycles. The van der Waals surface area contributed by atoms with Gasteiger partial charge in [0.05, 0.1) is 22.3 Å². The zero-order valence-electron chi connectivity index (χ0n) is 16.0. The Morgan fingerprint density at radius 1 is 1.24 bits per heavy atom. The summed E-state index contributed by atoms with van der Waals surface area (Å²) in [7, 11) is 0. The summed E-state index contributed by atoms with van der Waals surface area (Å²) in [6.07, 6.45) is 2.12. The molecule has 1 amide bonds. The number of nitrogens with two attached hydrogens (primary N) is 1. The van der Waals surface area contributed by atoms with E-state index >= 15 is 0 Å². The number of hydrogen-bond acceptors (Lipinski definition) is 5. The summed E-state index contributed by atoms with van der Waals surface area (Å²) in [6, 6.07) is 7.96. The number of rotatable bonds is 2. The van der Waals surface area contributed by atoms with Crippen LogP contribution in [0.25, 0.3) is 22.4 Å². The van der Waals surface area contributed by atoms with Gasteiger partial charge in [-0.1, -0.05) is 5.16 Å². The third-order valence-electron chi connectivity index (χ3n) is 6.19. The van der Waals surface area contributed by atoms with Crippen molar-refractivity contribution < 1.29 is 13.7 Å². The number of hydrogen-bond donors (Lipinski definition) is 1. The summed E-state index contributed by atoms with van der Waals surface area (Å²) in [4.78, 5) is 19.8. The Morgan fingerprint density at radius 3 is 2.72 bits per heavy atom. The number of pyridine rings is 1. The van der Waals surface area contributed by atoms with Crippen LogP contribution < -0.4 is 5.73 Å². The number of fused-ring (bicyclic) bond motifs is 2. The van der Waals surface area contributed by atoms with Gasteiger partial charge in [0.25, 0.3) is 11.6 Å². The molecule has 2 fully saturated rings. The van der Waals surface area contributed by atoms with E-state index < -0.39 is 0 Å². The predicted octanol–water partition coefficient (Wildman–Crippen LogP) is 3.57. The van der Waals surface area contributed by atoms with Crippen LogP contribution in [0.3, 0.4) is 0 Å². The fourth-order valence-electron chi connectivity index (χ4n) is 4.68. The van der Waals surface area contributed by atoms with Crippen LogP contribution in [0.4, 0.5) is 4.39 Å². The van der Waals surface area contributed by atoms with Gasteiger partial charge < -0.3 is 15.2 Å². The van der Waals surface area contributed by atoms with Gasteiger partial charge in [0, 0.05) is 24.7 Å². The van der Waals surface area contributed by atoms with E-state index in [1.807, 2.05) is 4.90 Å². The molecule has 8 heteroatoms. The lowest BCUT2D eigenvalue weighted by molar-refractivity contribution is 0.0781. The molecule has 0 spiro atoms. The summed E-state index contributed by atoms with van der Waals surface area (Å²) in [5.74, 6) is 0.484. The van der Waals surface area contributed by atoms with Crippen LogP contribution >= 0.6 is 12.4 Å². The Labute approximate surface area is 173 Å². The molecule has 152 valence electrons. The first-order valence-corrected chi connectivity index (χ1v) is 9.59. The van der Waals surface area contributed by atoms with E-state index in [9.17, 15) is 9.18 Å². The lowest BCUT2D eigenvalue weighted by Gasteiger charge is -2.19. The normalized spacial score (nSPS) is 23.3. The molecule has 3 heterocycles. The van der Waals surface area contributed by atoms with Crippen molar-refractivity contribution in [3.8, 4) is 11.3 Å². The highest BCUT2D eigenvalue weighted by Crippen LogP contribution is 2.38. The minimum Gasteiger partial charge on any atom is -0.338 e. The quantitative estimate of drug-likeness (QED) is 0.690. The lowest BCUT2D eigenvalue weighted by atomic mass is 9.98. The minimum atomic E-state index is -0.323. The number of nitrogens with zero attached hydrogens (tertiary/aromatic N) is 3. The minimum absolute atomic E-state index is 0. The largest absolute Gasteiger partial charge is 0.338 e. The Kier molecular flexibility index (Phi) is 5.04. The van der Waals surface area contributed by atoms with Crippen molar-refractivity contribution in [1.29, 1.82) is 0 Å². The standard InChI is InChI=1S/C21H21FN4O2.ClH/c1-11-19-15(21(27)26-9-13-4-7-17(23)16(13)10-26)8-18(24-20(19)28-25-11)12-2-5-14(22)6-3-12;/h2-3,5-6,8,13,16-17H,4,7,9-10,23H2,1H3;1H. The van der Waals surface area contributed by atoms with E-state index in [0.29, 0.717) is 52.0 Å². The lowest BCUT2D eigenvalue weighted by Crippen LogP contribution is -2.33. The van der Waals surface area contributed by atoms with Gasteiger partial charge in [0.2, 0.25) is 0 Å². The van der Waals surface area contributed by atoms with E-state index in [1.54, 1.807) is 25.1 Å². The average molecular weight is 417 g/mol. The molecule has 5 rings (SSSR count). The SMILES string of the molecule is Cc1noc2nc(-c3ccc(F)cc3)cc(C(=O)N3CC4CCC(N)C4C3)c12.Cl. The molecule has 1 saturated heterocycles. The number of likely N-dealkylation sites (tertiary alicyclic amines) is 1. The number of carbonyl (C=O) groups is 1. The van der Waals surface area contributed by atoms with Crippen LogP contribution in [0.5, 0.6) is 0 Å². The molecule has 29 heavy (non-hydrogen) atoms. The molecule has 2 N–H and O–H groups in total. The molecule has 3 unspecified atom stereocenters. The van der Waals surface area contributed by atoms with Crippen molar-refractivity contribution in [3.05, 3.63) is 47.4 Å². The topological polar surface area (TPSA) is 85.2 Å². The molecule has 6 nitrogen and oxygen atoms in total. The number of carbonyl (C=O) groups excluding carboxylic acids is 1. The zero-order chi connectivity index (χ0) is 19.4. The first kappa shape index (κ1) is 19.8. The summed E-state index contributed by atoms with van der Waals surface area (Å²) in [5, 5.41) is 4.63. The monoisotopic (exact) mass is 416 g/mol. The Hall–Kier alpha value is -2.51. The number of amides is 1. The van der Waals surface area contributed by atoms with Crippen LogP contribution in [0.2, 0.25) is 0 Å². The molecule has 1 aromatic carbocycles. The van der Waals surface area contributed by atoms with Gasteiger partial charge in [-0.25, -0.2) is 9.37 Å². The van der Waals surface area contributed by atoms with Gasteiger partial charge >= 0.3 is 0 Å². The first-order chi connectivity index (χ1) is 13.5. The fraction of sp³-hybridized carbons (Fsp3) is 0.381. The Balaban J connectivity index is 0.00000205. The number of benzene rings is 1. The highest BCUT2D eigenvalue weighted by Gasteiger charge is 2.43. The second-order valence-electron chi connectivity index (χ2n) is 7.89. The van der Waals surface area contributed by atoms with Gasteiger partial charge in [-0.2, -0.15) is 0 Å². The van der Waals surface area contributed by atoms with Crippen LogP contribution in [-0.2, 0) is 0 Å². The first-order valence-electron chi connectivity index (χ1n) is 9.59. The van der Waals surface area contributed by atoms with E-state index in [1.165, 1.54) is 12.1 Å². The predicted molar refractivity (Wildman–Crippen MR) is 109 cm³/mol. The van der Waals surface area contributed by atoms with Gasteiger partial charge in [-0.15, -0.1) is 12.4 Å². The number of aromatic nitrogens is 2. The molecule has 1 aliphatic heterocycles. The second kappa shape index (κ2) is 7.39. The van der Waals surface area contributed by atoms with Gasteiger partial charge in [0.15, 0.2) is 0 Å². The maximum atomic E-state index is 13.4. The van der Waals surface area contributed by atoms with Crippen molar-refractivity contribution in [3.63, 3.8) is 0 Å². The molecule has 2 aliphatic rings. The van der Waals surface area contributed by atoms with Crippen molar-refractivity contribution in [2.45, 2.75) is 25.8 Å². The third-order valence-corrected chi connectivity index (χ3v) is 6.19. The van der Waals surface area contributed by atoms with Crippen LogP contribution in [-0.4, -0.2) is 40.1 Å². The van der Waals surface area contributed by atoms with Crippen LogP contribution in [0.1, 0.15) is 28.9 Å². The molecular weight excluding hydrogens is 395 g/mol. The van der Waals surface area contributed by atoms with Crippen LogP contribution in [0, 0.1) is 24.6 Å². The van der Waals surface area contributed by atoms with Crippen molar-refractivity contribution >= 4 is 29.4 Å². The second-order valence-corrected chi connectivity index (χ2v) is 7.89. The maximum Gasteiger partial charge on any atom is 0.259 e. The molecule has 1 aliphatic carbocycles. The van der Waals surface area contributed by atoms with Crippen molar-refractivity contribution in [2.75, 3.05) is 13.1 Å². The summed E-state index contributed by atoms with van der Waals surface area (Å²) in [6.45, 7) is 3.22. The van der Waals surface area contributed by atoms with E-state index in [4.69, 9.17) is 10.3 Å². The maximum absolute atomic E-state index is 13.4. The highest BCUT2D eigenvalue weighted by molar-refractivity contribution is 6.07. The molecular formula is C21H22ClFN4O2. The van der Waals surface area contributed by atoms with E-state index in [0.717, 1.165) is 19.4 Å². The van der Waals surface area contributed by atoms with Gasteiger partial charge in [-0.05, 0) is 61.9 Å². The fourth-order valence-corrected chi connectivity index (χ4v) is 4.68.